The molecule has 0 spiro atoms. The van der Waals surface area contributed by atoms with Crippen LogP contribution in [0.5, 0.6) is 0 Å². The fourth-order valence-electron chi connectivity index (χ4n) is 6.71. The van der Waals surface area contributed by atoms with Crippen LogP contribution in [0, 0.1) is 17.8 Å². The molecular weight excluding hydrogens is 391 g/mol. The van der Waals surface area contributed by atoms with Gasteiger partial charge < -0.3 is 4.90 Å². The topological polar surface area (TPSA) is 46.8 Å². The van der Waals surface area contributed by atoms with Gasteiger partial charge in [-0.05, 0) is 75.1 Å². The third-order valence-corrected chi connectivity index (χ3v) is 7.99. The molecule has 1 aliphatic heterocycles. The number of pyridine rings is 1. The van der Waals surface area contributed by atoms with Crippen LogP contribution < -0.4 is 0 Å². The summed E-state index contributed by atoms with van der Waals surface area (Å²) in [5.41, 5.74) is -0.849. The van der Waals surface area contributed by atoms with Gasteiger partial charge in [-0.25, -0.2) is 9.67 Å². The smallest absolute Gasteiger partial charge is 0.301 e. The second kappa shape index (κ2) is 6.52. The highest BCUT2D eigenvalue weighted by Crippen LogP contribution is 2.79. The lowest BCUT2D eigenvalue weighted by atomic mass is 10.0. The van der Waals surface area contributed by atoms with Crippen LogP contribution in [0.3, 0.4) is 0 Å². The van der Waals surface area contributed by atoms with E-state index in [0.29, 0.717) is 18.4 Å². The van der Waals surface area contributed by atoms with Crippen molar-refractivity contribution >= 4 is 0 Å². The maximum absolute atomic E-state index is 13.6. The van der Waals surface area contributed by atoms with Crippen LogP contribution >= 0.6 is 0 Å². The molecule has 3 heterocycles. The van der Waals surface area contributed by atoms with Gasteiger partial charge in [0, 0.05) is 18.2 Å². The van der Waals surface area contributed by atoms with Gasteiger partial charge in [-0.3, -0.25) is 4.98 Å². The van der Waals surface area contributed by atoms with Crippen LogP contribution in [0.25, 0.3) is 11.5 Å². The van der Waals surface area contributed by atoms with Crippen molar-refractivity contribution < 1.29 is 13.2 Å². The first-order chi connectivity index (χ1) is 14.5. The Morgan fingerprint density at radius 1 is 1.07 bits per heavy atom. The number of likely N-dealkylation sites (tertiary alicyclic amines) is 1. The molecule has 5 nitrogen and oxygen atoms in total. The molecule has 4 saturated carbocycles. The number of hydrogen-bond acceptors (Lipinski definition) is 4. The fourth-order valence-corrected chi connectivity index (χ4v) is 6.71. The van der Waals surface area contributed by atoms with E-state index in [2.05, 4.69) is 15.0 Å². The van der Waals surface area contributed by atoms with Crippen LogP contribution in [0.4, 0.5) is 13.2 Å². The van der Waals surface area contributed by atoms with Crippen molar-refractivity contribution in [2.45, 2.75) is 56.7 Å². The number of rotatable bonds is 5. The average Bonchev–Trinajstić information content (AvgIpc) is 3.32. The lowest BCUT2D eigenvalue weighted by molar-refractivity contribution is -0.137. The van der Waals surface area contributed by atoms with Crippen molar-refractivity contribution in [2.24, 2.45) is 17.8 Å². The lowest BCUT2D eigenvalue weighted by Gasteiger charge is -2.26. The first-order valence-corrected chi connectivity index (χ1v) is 11.2. The minimum absolute atomic E-state index is 0.0605. The summed E-state index contributed by atoms with van der Waals surface area (Å²) in [4.78, 5) is 11.2. The maximum Gasteiger partial charge on any atom is 0.418 e. The quantitative estimate of drug-likeness (QED) is 0.734. The number of hydrogen-bond donors (Lipinski definition) is 0. The van der Waals surface area contributed by atoms with Crippen molar-refractivity contribution in [1.82, 2.24) is 24.6 Å². The van der Waals surface area contributed by atoms with Crippen LogP contribution in [0.1, 0.15) is 49.9 Å². The molecule has 2 aromatic rings. The van der Waals surface area contributed by atoms with Crippen molar-refractivity contribution in [3.8, 4) is 11.5 Å². The zero-order chi connectivity index (χ0) is 20.5. The molecule has 4 bridgehead atoms. The summed E-state index contributed by atoms with van der Waals surface area (Å²) in [5.74, 6) is 3.11. The molecule has 0 N–H and O–H groups in total. The predicted molar refractivity (Wildman–Crippen MR) is 105 cm³/mol. The van der Waals surface area contributed by atoms with Gasteiger partial charge in [-0.2, -0.15) is 13.2 Å². The Kier molecular flexibility index (Phi) is 4.08. The SMILES string of the molecule is FC(F)(F)c1cccnc1-c1nc(C23CC4CC2C3C4)n(CCN2CCCCC2)n1. The Morgan fingerprint density at radius 3 is 2.50 bits per heavy atom. The molecule has 160 valence electrons. The van der Waals surface area contributed by atoms with Gasteiger partial charge in [0.25, 0.3) is 0 Å². The van der Waals surface area contributed by atoms with Gasteiger partial charge in [0.05, 0.1) is 12.1 Å². The summed E-state index contributed by atoms with van der Waals surface area (Å²) in [5, 5.41) is 4.62. The van der Waals surface area contributed by atoms with Crippen LogP contribution in [-0.4, -0.2) is 44.3 Å². The standard InChI is InChI=1S/C22H26F3N5/c23-22(24,25)15-5-4-6-26-18(15)19-27-20(21-13-14-11-16(21)17(21)12-14)30(28-19)10-9-29-7-2-1-3-8-29/h4-6,14,16-17H,1-3,7-13H2. The van der Waals surface area contributed by atoms with Gasteiger partial charge in [0.2, 0.25) is 5.82 Å². The largest absolute Gasteiger partial charge is 0.418 e. The van der Waals surface area contributed by atoms with Crippen LogP contribution in [0.15, 0.2) is 18.3 Å². The summed E-state index contributed by atoms with van der Waals surface area (Å²) in [6, 6.07) is 2.39. The molecule has 0 aromatic carbocycles. The van der Waals surface area contributed by atoms with E-state index in [1.165, 1.54) is 44.4 Å². The first-order valence-electron chi connectivity index (χ1n) is 11.2. The van der Waals surface area contributed by atoms with E-state index in [0.717, 1.165) is 43.9 Å². The van der Waals surface area contributed by atoms with Gasteiger partial charge in [0.15, 0.2) is 0 Å². The Balaban J connectivity index is 1.37. The van der Waals surface area contributed by atoms with Gasteiger partial charge in [-0.15, -0.1) is 5.10 Å². The molecule has 1 saturated heterocycles. The normalized spacial score (nSPS) is 32.7. The van der Waals surface area contributed by atoms with Crippen molar-refractivity contribution in [3.63, 3.8) is 0 Å². The highest BCUT2D eigenvalue weighted by atomic mass is 19.4. The molecule has 2 atom stereocenters. The second-order valence-electron chi connectivity index (χ2n) is 9.58. The summed E-state index contributed by atoms with van der Waals surface area (Å²) in [7, 11) is 0. The zero-order valence-electron chi connectivity index (χ0n) is 16.9. The summed E-state index contributed by atoms with van der Waals surface area (Å²) in [6.07, 6.45) is 4.25. The molecule has 5 aliphatic rings. The molecule has 8 heteroatoms. The van der Waals surface area contributed by atoms with E-state index < -0.39 is 11.7 Å². The van der Waals surface area contributed by atoms with Crippen LogP contribution in [-0.2, 0) is 18.1 Å². The molecule has 4 aliphatic carbocycles. The zero-order valence-corrected chi connectivity index (χ0v) is 16.9. The summed E-state index contributed by atoms with van der Waals surface area (Å²) in [6.45, 7) is 3.74. The van der Waals surface area contributed by atoms with Crippen LogP contribution in [0.2, 0.25) is 0 Å². The molecular formula is C22H26F3N5. The lowest BCUT2D eigenvalue weighted by Crippen LogP contribution is -2.33. The van der Waals surface area contributed by atoms with E-state index in [1.54, 1.807) is 0 Å². The number of halogens is 3. The van der Waals surface area contributed by atoms with E-state index in [-0.39, 0.29) is 16.9 Å². The van der Waals surface area contributed by atoms with Gasteiger partial charge >= 0.3 is 6.18 Å². The van der Waals surface area contributed by atoms with E-state index >= 15 is 0 Å². The minimum atomic E-state index is -4.47. The predicted octanol–water partition coefficient (Wildman–Crippen LogP) is 4.14. The molecule has 0 radical (unpaired) electrons. The summed E-state index contributed by atoms with van der Waals surface area (Å²) < 4.78 is 42.7. The number of nitrogens with zero attached hydrogens (tertiary/aromatic N) is 5. The number of alkyl halides is 3. The molecule has 7 rings (SSSR count). The van der Waals surface area contributed by atoms with E-state index in [1.807, 2.05) is 4.68 Å². The average molecular weight is 417 g/mol. The van der Waals surface area contributed by atoms with Gasteiger partial charge in [-0.1, -0.05) is 6.42 Å². The third-order valence-electron chi connectivity index (χ3n) is 7.99. The molecule has 2 aromatic heterocycles. The monoisotopic (exact) mass is 417 g/mol. The summed E-state index contributed by atoms with van der Waals surface area (Å²) >= 11 is 0. The Morgan fingerprint density at radius 2 is 1.83 bits per heavy atom. The minimum Gasteiger partial charge on any atom is -0.301 e. The number of piperidine rings is 1. The highest BCUT2D eigenvalue weighted by molar-refractivity contribution is 5.56. The Bertz CT molecular complexity index is 950. The molecule has 30 heavy (non-hydrogen) atoms. The van der Waals surface area contributed by atoms with Crippen molar-refractivity contribution in [3.05, 3.63) is 29.7 Å². The Labute approximate surface area is 173 Å². The molecule has 0 amide bonds. The van der Waals surface area contributed by atoms with Gasteiger partial charge in [0.1, 0.15) is 11.5 Å². The second-order valence-corrected chi connectivity index (χ2v) is 9.58. The van der Waals surface area contributed by atoms with E-state index in [4.69, 9.17) is 4.98 Å². The fraction of sp³-hybridized carbons (Fsp3) is 0.682. The van der Waals surface area contributed by atoms with E-state index in [9.17, 15) is 13.2 Å². The Hall–Kier alpha value is -1.96. The number of aromatic nitrogens is 4. The van der Waals surface area contributed by atoms with Crippen molar-refractivity contribution in [2.75, 3.05) is 19.6 Å². The highest BCUT2D eigenvalue weighted by Gasteiger charge is 2.76. The third kappa shape index (κ3) is 2.75. The molecule has 2 unspecified atom stereocenters. The maximum atomic E-state index is 13.6. The van der Waals surface area contributed by atoms with Crippen molar-refractivity contribution in [1.29, 1.82) is 0 Å². The first kappa shape index (κ1) is 18.8. The molecule has 5 fully saturated rings.